The van der Waals surface area contributed by atoms with Crippen molar-refractivity contribution in [2.24, 2.45) is 5.92 Å². The van der Waals surface area contributed by atoms with E-state index in [1.807, 2.05) is 0 Å². The summed E-state index contributed by atoms with van der Waals surface area (Å²) in [5.74, 6) is -3.16. The van der Waals surface area contributed by atoms with Gasteiger partial charge in [0, 0.05) is 11.5 Å². The Bertz CT molecular complexity index is 600. The fourth-order valence-corrected chi connectivity index (χ4v) is 2.05. The molecule has 1 aromatic rings. The molecule has 2 unspecified atom stereocenters. The third-order valence-corrected chi connectivity index (χ3v) is 3.71. The molecule has 1 rings (SSSR count). The van der Waals surface area contributed by atoms with Gasteiger partial charge in [-0.1, -0.05) is 25.1 Å². The van der Waals surface area contributed by atoms with Crippen molar-refractivity contribution >= 4 is 23.5 Å². The molecule has 0 saturated carbocycles. The summed E-state index contributed by atoms with van der Waals surface area (Å²) in [5, 5.41) is 9.34. The highest BCUT2D eigenvalue weighted by molar-refractivity contribution is 6.31. The lowest BCUT2D eigenvalue weighted by atomic mass is 9.81. The number of ether oxygens (including phenoxy) is 1. The average molecular weight is 341 g/mol. The third-order valence-electron chi connectivity index (χ3n) is 3.42. The Labute approximate surface area is 129 Å². The van der Waals surface area contributed by atoms with E-state index in [1.165, 1.54) is 6.07 Å². The van der Waals surface area contributed by atoms with Crippen molar-refractivity contribution in [2.45, 2.75) is 18.7 Å². The Morgan fingerprint density at radius 3 is 2.41 bits per heavy atom. The van der Waals surface area contributed by atoms with E-state index in [-0.39, 0.29) is 16.2 Å². The first-order valence-electron chi connectivity index (χ1n) is 5.97. The number of methoxy groups -OCH3 is 1. The second-order valence-electron chi connectivity index (χ2n) is 4.63. The molecule has 0 aromatic heterocycles. The van der Waals surface area contributed by atoms with Crippen LogP contribution in [-0.2, 0) is 4.79 Å². The maximum atomic E-state index is 13.8. The number of hydrogen-bond donors (Lipinski definition) is 1. The summed E-state index contributed by atoms with van der Waals surface area (Å²) in [6, 6.07) is 2.31. The van der Waals surface area contributed by atoms with Crippen LogP contribution in [0.4, 0.5) is 17.6 Å². The fourth-order valence-electron chi connectivity index (χ4n) is 1.90. The summed E-state index contributed by atoms with van der Waals surface area (Å²) in [6.07, 6.45) is -5.82. The van der Waals surface area contributed by atoms with Gasteiger partial charge < -0.3 is 9.84 Å². The van der Waals surface area contributed by atoms with E-state index < -0.39 is 35.5 Å². The lowest BCUT2D eigenvalue weighted by Gasteiger charge is -2.32. The molecule has 8 heteroatoms. The van der Waals surface area contributed by atoms with Crippen molar-refractivity contribution < 1.29 is 32.2 Å². The van der Waals surface area contributed by atoms with Gasteiger partial charge in [-0.2, -0.15) is 13.2 Å². The molecule has 0 bridgehead atoms. The molecule has 0 aliphatic carbocycles. The molecule has 0 spiro atoms. The van der Waals surface area contributed by atoms with Gasteiger partial charge in [0.25, 0.3) is 0 Å². The van der Waals surface area contributed by atoms with E-state index in [9.17, 15) is 27.5 Å². The molecule has 2 atom stereocenters. The van der Waals surface area contributed by atoms with Crippen LogP contribution in [0.1, 0.15) is 12.5 Å². The molecule has 0 radical (unpaired) electrons. The van der Waals surface area contributed by atoms with Gasteiger partial charge in [-0.05, 0) is 17.7 Å². The zero-order valence-corrected chi connectivity index (χ0v) is 12.4. The Balaban J connectivity index is 3.38. The Hall–Kier alpha value is -1.60. The Kier molecular flexibility index (Phi) is 5.25. The highest BCUT2D eigenvalue weighted by Crippen LogP contribution is 2.43. The largest absolute Gasteiger partial charge is 0.493 e. The Morgan fingerprint density at radius 1 is 1.45 bits per heavy atom. The first-order valence-corrected chi connectivity index (χ1v) is 6.35. The molecule has 1 N–H and O–H groups in total. The van der Waals surface area contributed by atoms with E-state index in [0.717, 1.165) is 20.1 Å². The summed E-state index contributed by atoms with van der Waals surface area (Å²) >= 11 is 5.57. The summed E-state index contributed by atoms with van der Waals surface area (Å²) in [7, 11) is 1.10. The van der Waals surface area contributed by atoms with Crippen LogP contribution in [0.25, 0.3) is 5.57 Å². The zero-order chi connectivity index (χ0) is 17.3. The molecule has 122 valence electrons. The van der Waals surface area contributed by atoms with Crippen LogP contribution < -0.4 is 4.74 Å². The summed E-state index contributed by atoms with van der Waals surface area (Å²) in [4.78, 5) is 10.8. The summed E-state index contributed by atoms with van der Waals surface area (Å²) in [6.45, 7) is 4.38. The average Bonchev–Trinajstić information content (AvgIpc) is 2.46. The van der Waals surface area contributed by atoms with Crippen molar-refractivity contribution in [2.75, 3.05) is 7.11 Å². The van der Waals surface area contributed by atoms with E-state index >= 15 is 0 Å². The monoisotopic (exact) mass is 340 g/mol. The zero-order valence-electron chi connectivity index (χ0n) is 11.7. The molecule has 0 amide bonds. The van der Waals surface area contributed by atoms with Crippen LogP contribution in [0.15, 0.2) is 18.7 Å². The van der Waals surface area contributed by atoms with Crippen molar-refractivity contribution in [3.63, 3.8) is 0 Å². The normalized spacial score (nSPS) is 15.8. The highest BCUT2D eigenvalue weighted by Gasteiger charge is 2.58. The van der Waals surface area contributed by atoms with E-state index in [0.29, 0.717) is 0 Å². The standard InChI is InChI=1S/C14H13ClF4O3/c1-7(8(2)13(21,6-20)14(17,18)19)9-4-5-10(15)11(16)12(9)22-3/h4-6,8,21H,1H2,2-3H3. The van der Waals surface area contributed by atoms with Gasteiger partial charge in [-0.15, -0.1) is 0 Å². The number of benzene rings is 1. The summed E-state index contributed by atoms with van der Waals surface area (Å²) < 4.78 is 57.4. The molecule has 1 aromatic carbocycles. The number of alkyl halides is 3. The number of halogens is 5. The van der Waals surface area contributed by atoms with E-state index in [2.05, 4.69) is 6.58 Å². The van der Waals surface area contributed by atoms with Crippen LogP contribution >= 0.6 is 11.6 Å². The van der Waals surface area contributed by atoms with Gasteiger partial charge in [0.2, 0.25) is 5.60 Å². The minimum Gasteiger partial charge on any atom is -0.493 e. The number of aliphatic hydroxyl groups is 1. The van der Waals surface area contributed by atoms with Gasteiger partial charge in [-0.25, -0.2) is 4.39 Å². The lowest BCUT2D eigenvalue weighted by Crippen LogP contribution is -2.52. The van der Waals surface area contributed by atoms with Gasteiger partial charge >= 0.3 is 6.18 Å². The second kappa shape index (κ2) is 6.26. The molecular formula is C14H13ClF4O3. The molecule has 0 saturated heterocycles. The third kappa shape index (κ3) is 2.96. The van der Waals surface area contributed by atoms with Gasteiger partial charge in [-0.3, -0.25) is 4.79 Å². The maximum absolute atomic E-state index is 13.8. The molecule has 0 heterocycles. The van der Waals surface area contributed by atoms with Crippen molar-refractivity contribution in [3.8, 4) is 5.75 Å². The van der Waals surface area contributed by atoms with Crippen LogP contribution in [0.2, 0.25) is 5.02 Å². The summed E-state index contributed by atoms with van der Waals surface area (Å²) in [5.41, 5.74) is -4.09. The first-order chi connectivity index (χ1) is 10.0. The smallest absolute Gasteiger partial charge is 0.424 e. The number of carbonyl (C=O) groups is 1. The molecule has 0 aliphatic rings. The topological polar surface area (TPSA) is 46.5 Å². The van der Waals surface area contributed by atoms with Crippen molar-refractivity contribution in [1.29, 1.82) is 0 Å². The lowest BCUT2D eigenvalue weighted by molar-refractivity contribution is -0.253. The Morgan fingerprint density at radius 2 is 2.00 bits per heavy atom. The van der Waals surface area contributed by atoms with E-state index in [4.69, 9.17) is 16.3 Å². The highest BCUT2D eigenvalue weighted by atomic mass is 35.5. The van der Waals surface area contributed by atoms with Crippen LogP contribution in [0.5, 0.6) is 5.75 Å². The van der Waals surface area contributed by atoms with Crippen LogP contribution in [0.3, 0.4) is 0 Å². The number of rotatable bonds is 5. The second-order valence-corrected chi connectivity index (χ2v) is 5.04. The van der Waals surface area contributed by atoms with Gasteiger partial charge in [0.15, 0.2) is 17.9 Å². The van der Waals surface area contributed by atoms with Crippen molar-refractivity contribution in [1.82, 2.24) is 0 Å². The fraction of sp³-hybridized carbons (Fsp3) is 0.357. The maximum Gasteiger partial charge on any atom is 0.424 e. The van der Waals surface area contributed by atoms with Crippen LogP contribution in [-0.4, -0.2) is 30.3 Å². The molecule has 0 aliphatic heterocycles. The predicted molar refractivity (Wildman–Crippen MR) is 73.2 cm³/mol. The first kappa shape index (κ1) is 18.4. The van der Waals surface area contributed by atoms with Crippen LogP contribution in [0, 0.1) is 11.7 Å². The predicted octanol–water partition coefficient (Wildman–Crippen LogP) is 3.63. The minimum absolute atomic E-state index is 0.124. The minimum atomic E-state index is -5.21. The number of aldehydes is 1. The number of hydrogen-bond acceptors (Lipinski definition) is 3. The molecule has 3 nitrogen and oxygen atoms in total. The van der Waals surface area contributed by atoms with E-state index in [1.54, 1.807) is 0 Å². The van der Waals surface area contributed by atoms with Gasteiger partial charge in [0.05, 0.1) is 12.1 Å². The van der Waals surface area contributed by atoms with Crippen molar-refractivity contribution in [3.05, 3.63) is 35.1 Å². The van der Waals surface area contributed by atoms with Gasteiger partial charge in [0.1, 0.15) is 0 Å². The quantitative estimate of drug-likeness (QED) is 0.657. The SMILES string of the molecule is C=C(c1ccc(Cl)c(F)c1OC)C(C)C(O)(C=O)C(F)(F)F. The molecular weight excluding hydrogens is 328 g/mol. The molecule has 0 fully saturated rings. The molecule has 22 heavy (non-hydrogen) atoms. The number of carbonyl (C=O) groups excluding carboxylic acids is 1.